The van der Waals surface area contributed by atoms with Gasteiger partial charge in [-0.1, -0.05) is 63.2 Å². The summed E-state index contributed by atoms with van der Waals surface area (Å²) in [6.07, 6.45) is -4.62. The van der Waals surface area contributed by atoms with Crippen LogP contribution in [0.5, 0.6) is 0 Å². The van der Waals surface area contributed by atoms with Crippen molar-refractivity contribution in [3.05, 3.63) is 89.5 Å². The number of fused-ring (bicyclic) bond motifs is 1. The molecule has 0 saturated carbocycles. The average Bonchev–Trinajstić information content (AvgIpc) is 2.97. The average molecular weight is 569 g/mol. The number of nitrogens with zero attached hydrogens (tertiary/aromatic N) is 2. The lowest BCUT2D eigenvalue weighted by Crippen LogP contribution is -2.40. The Morgan fingerprint density at radius 1 is 0.850 bits per heavy atom. The SMILES string of the molecule is CCN1C(=O)C(c2cccc(CO[Si](C)(C)C(C)(C)C)c2)C(=O)N(c2ccccc2)c2cc(C(F)(F)F)ccc21. The van der Waals surface area contributed by atoms with Crippen LogP contribution < -0.4 is 9.80 Å². The topological polar surface area (TPSA) is 49.9 Å². The zero-order valence-electron chi connectivity index (χ0n) is 23.7. The molecule has 3 aromatic carbocycles. The van der Waals surface area contributed by atoms with Gasteiger partial charge in [0.05, 0.1) is 23.5 Å². The molecule has 4 rings (SSSR count). The minimum absolute atomic E-state index is 0.0106. The molecule has 0 bridgehead atoms. The van der Waals surface area contributed by atoms with Gasteiger partial charge in [0, 0.05) is 12.2 Å². The second-order valence-corrected chi connectivity index (χ2v) is 16.3. The molecule has 1 aliphatic heterocycles. The molecule has 1 heterocycles. The third-order valence-corrected chi connectivity index (χ3v) is 12.3. The molecule has 2 amide bonds. The van der Waals surface area contributed by atoms with E-state index in [1.165, 1.54) is 15.9 Å². The second kappa shape index (κ2) is 10.9. The van der Waals surface area contributed by atoms with Gasteiger partial charge < -0.3 is 9.33 Å². The van der Waals surface area contributed by atoms with Gasteiger partial charge >= 0.3 is 6.18 Å². The minimum atomic E-state index is -4.62. The van der Waals surface area contributed by atoms with Gasteiger partial charge in [-0.15, -0.1) is 0 Å². The van der Waals surface area contributed by atoms with Crippen molar-refractivity contribution < 1.29 is 27.2 Å². The summed E-state index contributed by atoms with van der Waals surface area (Å²) in [5.41, 5.74) is 1.03. The number of carbonyl (C=O) groups excluding carboxylic acids is 2. The quantitative estimate of drug-likeness (QED) is 0.223. The number of halogens is 3. The molecule has 0 N–H and O–H groups in total. The number of hydrogen-bond donors (Lipinski definition) is 0. The Hall–Kier alpha value is -3.43. The molecule has 0 saturated heterocycles. The van der Waals surface area contributed by atoms with Gasteiger partial charge in [-0.25, -0.2) is 0 Å². The van der Waals surface area contributed by atoms with Gasteiger partial charge in [0.25, 0.3) is 0 Å². The highest BCUT2D eigenvalue weighted by atomic mass is 28.4. The third kappa shape index (κ3) is 5.71. The first-order valence-electron chi connectivity index (χ1n) is 13.3. The van der Waals surface area contributed by atoms with Gasteiger partial charge in [-0.2, -0.15) is 13.2 Å². The lowest BCUT2D eigenvalue weighted by molar-refractivity contribution is -0.137. The number of alkyl halides is 3. The van der Waals surface area contributed by atoms with Gasteiger partial charge in [-0.05, 0) is 66.5 Å². The van der Waals surface area contributed by atoms with Gasteiger partial charge in [0.2, 0.25) is 11.8 Å². The van der Waals surface area contributed by atoms with E-state index >= 15 is 0 Å². The molecule has 9 heteroatoms. The second-order valence-electron chi connectivity index (χ2n) is 11.5. The van der Waals surface area contributed by atoms with E-state index in [0.717, 1.165) is 17.7 Å². The minimum Gasteiger partial charge on any atom is -0.413 e. The summed E-state index contributed by atoms with van der Waals surface area (Å²) < 4.78 is 47.7. The molecule has 1 aliphatic rings. The zero-order valence-corrected chi connectivity index (χ0v) is 24.7. The van der Waals surface area contributed by atoms with Gasteiger partial charge in [-0.3, -0.25) is 14.5 Å². The highest BCUT2D eigenvalue weighted by Crippen LogP contribution is 2.44. The predicted octanol–water partition coefficient (Wildman–Crippen LogP) is 8.04. The van der Waals surface area contributed by atoms with Gasteiger partial charge in [0.1, 0.15) is 5.92 Å². The smallest absolute Gasteiger partial charge is 0.413 e. The zero-order chi connectivity index (χ0) is 29.5. The summed E-state index contributed by atoms with van der Waals surface area (Å²) >= 11 is 0. The summed E-state index contributed by atoms with van der Waals surface area (Å²) in [4.78, 5) is 30.9. The number of likely N-dealkylation sites (N-methyl/N-ethyl adjacent to an activating group) is 1. The van der Waals surface area contributed by atoms with E-state index in [1.54, 1.807) is 55.5 Å². The maximum Gasteiger partial charge on any atom is 0.416 e. The van der Waals surface area contributed by atoms with E-state index in [1.807, 2.05) is 6.07 Å². The molecular weight excluding hydrogens is 533 g/mol. The van der Waals surface area contributed by atoms with E-state index < -0.39 is 37.8 Å². The first-order chi connectivity index (χ1) is 18.7. The predicted molar refractivity (Wildman–Crippen MR) is 154 cm³/mol. The van der Waals surface area contributed by atoms with Crippen LogP contribution in [0.25, 0.3) is 0 Å². The standard InChI is InChI=1S/C31H35F3N2O3Si/c1-7-35-25-17-16-23(31(32,33)34)19-26(25)36(24-14-9-8-10-15-24)29(38)27(28(35)37)22-13-11-12-21(18-22)20-39-40(5,6)30(2,3)4/h8-19,27H,7,20H2,1-6H3. The fourth-order valence-corrected chi connectivity index (χ4v) is 5.49. The molecule has 0 aliphatic carbocycles. The van der Waals surface area contributed by atoms with Crippen molar-refractivity contribution in [1.29, 1.82) is 0 Å². The first kappa shape index (κ1) is 29.5. The van der Waals surface area contributed by atoms with Crippen LogP contribution in [0.3, 0.4) is 0 Å². The Balaban J connectivity index is 1.84. The van der Waals surface area contributed by atoms with Crippen LogP contribution in [0.4, 0.5) is 30.2 Å². The molecule has 0 radical (unpaired) electrons. The van der Waals surface area contributed by atoms with Crippen molar-refractivity contribution in [3.63, 3.8) is 0 Å². The molecule has 5 nitrogen and oxygen atoms in total. The Morgan fingerprint density at radius 3 is 2.12 bits per heavy atom. The summed E-state index contributed by atoms with van der Waals surface area (Å²) in [5, 5.41) is 0.0106. The summed E-state index contributed by atoms with van der Waals surface area (Å²) in [6.45, 7) is 13.0. The molecule has 40 heavy (non-hydrogen) atoms. The third-order valence-electron chi connectivity index (χ3n) is 7.84. The van der Waals surface area contributed by atoms with E-state index in [4.69, 9.17) is 4.43 Å². The molecule has 1 unspecified atom stereocenters. The van der Waals surface area contributed by atoms with Crippen molar-refractivity contribution in [2.45, 2.75) is 64.5 Å². The highest BCUT2D eigenvalue weighted by molar-refractivity contribution is 6.74. The highest BCUT2D eigenvalue weighted by Gasteiger charge is 2.43. The Kier molecular flexibility index (Phi) is 8.02. The maximum atomic E-state index is 14.3. The summed E-state index contributed by atoms with van der Waals surface area (Å²) in [7, 11) is -2.06. The summed E-state index contributed by atoms with van der Waals surface area (Å²) in [5.74, 6) is -2.36. The molecule has 0 fully saturated rings. The van der Waals surface area contributed by atoms with Crippen molar-refractivity contribution in [3.8, 4) is 0 Å². The number of para-hydroxylation sites is 1. The molecule has 0 spiro atoms. The van der Waals surface area contributed by atoms with E-state index in [9.17, 15) is 22.8 Å². The van der Waals surface area contributed by atoms with Crippen molar-refractivity contribution >= 4 is 37.2 Å². The number of benzene rings is 3. The Bertz CT molecular complexity index is 1400. The van der Waals surface area contributed by atoms with Crippen LogP contribution in [0, 0.1) is 0 Å². The normalized spacial score (nSPS) is 16.7. The van der Waals surface area contributed by atoms with Crippen LogP contribution in [0.2, 0.25) is 18.1 Å². The van der Waals surface area contributed by atoms with Crippen LogP contribution in [-0.4, -0.2) is 26.7 Å². The monoisotopic (exact) mass is 568 g/mol. The number of carbonyl (C=O) groups is 2. The van der Waals surface area contributed by atoms with Crippen molar-refractivity contribution in [2.75, 3.05) is 16.3 Å². The molecular formula is C31H35F3N2O3Si. The fourth-order valence-electron chi connectivity index (χ4n) is 4.53. The van der Waals surface area contributed by atoms with Crippen LogP contribution in [0.1, 0.15) is 50.3 Å². The molecule has 3 aromatic rings. The fraction of sp³-hybridized carbons (Fsp3) is 0.355. The van der Waals surface area contributed by atoms with Gasteiger partial charge in [0.15, 0.2) is 8.32 Å². The number of rotatable bonds is 6. The lowest BCUT2D eigenvalue weighted by Gasteiger charge is -2.36. The van der Waals surface area contributed by atoms with Crippen molar-refractivity contribution in [2.24, 2.45) is 0 Å². The first-order valence-corrected chi connectivity index (χ1v) is 16.2. The van der Waals surface area contributed by atoms with Crippen LogP contribution >= 0.6 is 0 Å². The summed E-state index contributed by atoms with van der Waals surface area (Å²) in [6, 6.07) is 18.8. The van der Waals surface area contributed by atoms with Crippen LogP contribution in [-0.2, 0) is 26.8 Å². The van der Waals surface area contributed by atoms with Crippen molar-refractivity contribution in [1.82, 2.24) is 0 Å². The largest absolute Gasteiger partial charge is 0.416 e. The Labute approximate surface area is 234 Å². The van der Waals surface area contributed by atoms with Crippen LogP contribution in [0.15, 0.2) is 72.8 Å². The maximum absolute atomic E-state index is 14.3. The molecule has 1 atom stereocenters. The van der Waals surface area contributed by atoms with E-state index in [-0.39, 0.29) is 23.0 Å². The number of anilines is 3. The number of amides is 2. The van der Waals surface area contributed by atoms with E-state index in [2.05, 4.69) is 33.9 Å². The molecule has 0 aromatic heterocycles. The molecule has 212 valence electrons. The Morgan fingerprint density at radius 2 is 1.52 bits per heavy atom. The lowest BCUT2D eigenvalue weighted by atomic mass is 9.94. The number of hydrogen-bond acceptors (Lipinski definition) is 3. The van der Waals surface area contributed by atoms with E-state index in [0.29, 0.717) is 17.9 Å².